The van der Waals surface area contributed by atoms with E-state index >= 15 is 0 Å². The Bertz CT molecular complexity index is 138. The first kappa shape index (κ1) is 29.6. The third-order valence-electron chi connectivity index (χ3n) is 0.553. The third kappa shape index (κ3) is 73.2. The van der Waals surface area contributed by atoms with Gasteiger partial charge in [0.05, 0.1) is 12.8 Å². The number of rotatable bonds is 3. The topological polar surface area (TPSA) is 144 Å². The number of carbonyl (C=O) groups is 2. The van der Waals surface area contributed by atoms with Crippen LogP contribution in [0.1, 0.15) is 12.8 Å². The molecule has 0 bridgehead atoms. The van der Waals surface area contributed by atoms with Crippen molar-refractivity contribution in [1.29, 1.82) is 0 Å². The van der Waals surface area contributed by atoms with Crippen LogP contribution in [-0.2, 0) is 9.59 Å². The van der Waals surface area contributed by atoms with Gasteiger partial charge in [-0.2, -0.15) is 0 Å². The fraction of sp³-hybridized carbons (Fsp3) is 0.500. The molecule has 0 atom stereocenters. The van der Waals surface area contributed by atoms with E-state index in [1.165, 1.54) is 0 Å². The quantitative estimate of drug-likeness (QED) is 0.428. The maximum atomic E-state index is 9.64. The van der Waals surface area contributed by atoms with Crippen LogP contribution in [-0.4, -0.2) is 29.5 Å². The molecule has 2 N–H and O–H groups in total. The Hall–Kier alpha value is 0.677. The molecule has 0 unspecified atom stereocenters. The first-order chi connectivity index (χ1) is 5.36. The molecule has 0 aliphatic heterocycles. The smallest absolute Gasteiger partial charge is 0.907 e. The molecule has 0 spiro atoms. The van der Waals surface area contributed by atoms with Crippen LogP contribution in [0.25, 0.3) is 0 Å². The predicted octanol–water partition coefficient (Wildman–Crippen LogP) is -13.0. The molecule has 0 fully saturated rings. The zero-order valence-electron chi connectivity index (χ0n) is 8.93. The van der Waals surface area contributed by atoms with Gasteiger partial charge >= 0.3 is 68.5 Å². The Morgan fingerprint density at radius 2 is 1.00 bits per heavy atom. The van der Waals surface area contributed by atoms with Crippen molar-refractivity contribution in [2.24, 2.45) is 0 Å². The minimum absolute atomic E-state index is 0. The molecule has 0 saturated carbocycles. The molecule has 0 aliphatic rings. The summed E-state index contributed by atoms with van der Waals surface area (Å²) in [6.45, 7) is 0. The Morgan fingerprint density at radius 3 is 1.07 bits per heavy atom. The van der Waals surface area contributed by atoms with E-state index in [4.69, 9.17) is 25.3 Å². The van der Waals surface area contributed by atoms with Gasteiger partial charge in [-0.1, -0.05) is 0 Å². The normalized spacial score (nSPS) is 6.33. The van der Waals surface area contributed by atoms with E-state index in [2.05, 4.69) is 0 Å². The molecule has 0 rings (SSSR count). The molecular formula is C4H6BLi3O7. The van der Waals surface area contributed by atoms with Crippen molar-refractivity contribution >= 4 is 19.3 Å². The average Bonchev–Trinajstić information content (AvgIpc) is 1.82. The van der Waals surface area contributed by atoms with Crippen molar-refractivity contribution in [3.63, 3.8) is 0 Å². The van der Waals surface area contributed by atoms with Crippen molar-refractivity contribution in [2.75, 3.05) is 0 Å². The minimum atomic E-state index is -2.92. The molecule has 15 heavy (non-hydrogen) atoms. The van der Waals surface area contributed by atoms with Gasteiger partial charge in [0.2, 0.25) is 0 Å². The molecular weight excluding hydrogens is 192 g/mol. The van der Waals surface area contributed by atoms with Crippen molar-refractivity contribution in [1.82, 2.24) is 0 Å². The van der Waals surface area contributed by atoms with Crippen LogP contribution in [0.5, 0.6) is 0 Å². The van der Waals surface area contributed by atoms with Crippen molar-refractivity contribution in [2.45, 2.75) is 12.8 Å². The van der Waals surface area contributed by atoms with Gasteiger partial charge in [0, 0.05) is 0 Å². The number of hydrogen-bond acceptors (Lipinski definition) is 5. The number of carboxylic acid groups (broad SMARTS) is 2. The molecule has 0 aliphatic carbocycles. The van der Waals surface area contributed by atoms with E-state index in [1.807, 2.05) is 0 Å². The second-order valence-electron chi connectivity index (χ2n) is 1.58. The van der Waals surface area contributed by atoms with Gasteiger partial charge in [0.1, 0.15) is 0 Å². The first-order valence-corrected chi connectivity index (χ1v) is 2.77. The second-order valence-corrected chi connectivity index (χ2v) is 1.58. The first-order valence-electron chi connectivity index (χ1n) is 2.77. The zero-order chi connectivity index (χ0) is 10.1. The van der Waals surface area contributed by atoms with E-state index < -0.39 is 19.3 Å². The van der Waals surface area contributed by atoms with Gasteiger partial charge in [0.15, 0.2) is 0 Å². The summed E-state index contributed by atoms with van der Waals surface area (Å²) in [5.41, 5.74) is 0. The van der Waals surface area contributed by atoms with E-state index in [-0.39, 0.29) is 69.4 Å². The van der Waals surface area contributed by atoms with Crippen LogP contribution in [0.4, 0.5) is 0 Å². The third-order valence-corrected chi connectivity index (χ3v) is 0.553. The Balaban J connectivity index is -0.0000000424. The van der Waals surface area contributed by atoms with Gasteiger partial charge in [-0.05, 0) is 0 Å². The van der Waals surface area contributed by atoms with Crippen LogP contribution in [0.2, 0.25) is 0 Å². The minimum Gasteiger partial charge on any atom is -0.907 e. The van der Waals surface area contributed by atoms with Crippen molar-refractivity contribution in [3.8, 4) is 0 Å². The predicted molar refractivity (Wildman–Crippen MR) is 30.3 cm³/mol. The summed E-state index contributed by atoms with van der Waals surface area (Å²) in [5.74, 6) is -2.15. The largest absolute Gasteiger partial charge is 1.00 e. The molecule has 0 aromatic carbocycles. The van der Waals surface area contributed by atoms with Crippen LogP contribution < -0.4 is 71.7 Å². The Labute approximate surface area is 123 Å². The maximum Gasteiger partial charge on any atom is 1.00 e. The molecule has 0 heterocycles. The van der Waals surface area contributed by atoms with Crippen LogP contribution in [0.3, 0.4) is 0 Å². The summed E-state index contributed by atoms with van der Waals surface area (Å²) < 4.78 is 0. The second kappa shape index (κ2) is 20.1. The van der Waals surface area contributed by atoms with E-state index in [0.29, 0.717) is 0 Å². The molecule has 7 nitrogen and oxygen atoms in total. The van der Waals surface area contributed by atoms with E-state index in [1.54, 1.807) is 0 Å². The van der Waals surface area contributed by atoms with Gasteiger partial charge < -0.3 is 25.3 Å². The number of hydrogen-bond donors (Lipinski definition) is 2. The molecule has 70 valence electrons. The Morgan fingerprint density at radius 1 is 0.867 bits per heavy atom. The summed E-state index contributed by atoms with van der Waals surface area (Å²) in [7, 11) is -2.92. The summed E-state index contributed by atoms with van der Waals surface area (Å²) in [5, 5.41) is 41.0. The molecule has 0 radical (unpaired) electrons. The van der Waals surface area contributed by atoms with Crippen LogP contribution in [0.15, 0.2) is 0 Å². The molecule has 0 amide bonds. The van der Waals surface area contributed by atoms with Gasteiger partial charge in [0.25, 0.3) is 0 Å². The van der Waals surface area contributed by atoms with E-state index in [0.717, 1.165) is 0 Å². The molecule has 0 aromatic heterocycles. The summed E-state index contributed by atoms with van der Waals surface area (Å²) in [6.07, 6.45) is -0.593. The fourth-order valence-electron chi connectivity index (χ4n) is 0.214. The zero-order valence-corrected chi connectivity index (χ0v) is 8.93. The standard InChI is InChI=1S/C4H6O4.BO3.3Li/c5-3(6)1-2-4(7)8;2-1(3)4;;;/h1-2H2,(H,5,6)(H,7,8);;;;/q;-3;3*+1. The summed E-state index contributed by atoms with van der Waals surface area (Å²) in [6, 6.07) is 0. The number of aliphatic carboxylic acids is 2. The monoisotopic (exact) mass is 198 g/mol. The van der Waals surface area contributed by atoms with Crippen LogP contribution in [0, 0.1) is 0 Å². The Kier molecular flexibility index (Phi) is 39.8. The molecule has 11 heteroatoms. The van der Waals surface area contributed by atoms with Gasteiger partial charge in [-0.15, -0.1) is 0 Å². The maximum absolute atomic E-state index is 9.64. The molecule has 0 saturated heterocycles. The van der Waals surface area contributed by atoms with Gasteiger partial charge in [-0.3, -0.25) is 16.9 Å². The van der Waals surface area contributed by atoms with Crippen molar-refractivity contribution < 1.29 is 91.5 Å². The van der Waals surface area contributed by atoms with Crippen molar-refractivity contribution in [3.05, 3.63) is 0 Å². The fourth-order valence-corrected chi connectivity index (χ4v) is 0.214. The summed E-state index contributed by atoms with van der Waals surface area (Å²) in [4.78, 5) is 19.3. The number of carboxylic acids is 2. The average molecular weight is 198 g/mol. The SMILES string of the molecule is O=C(O)CCC(=O)O.[Li+].[Li+].[Li+].[O-]B([O-])[O-]. The summed E-state index contributed by atoms with van der Waals surface area (Å²) >= 11 is 0. The molecule has 0 aromatic rings. The van der Waals surface area contributed by atoms with Gasteiger partial charge in [-0.25, -0.2) is 0 Å². The van der Waals surface area contributed by atoms with E-state index in [9.17, 15) is 9.59 Å². The van der Waals surface area contributed by atoms with Crippen LogP contribution >= 0.6 is 0 Å².